The van der Waals surface area contributed by atoms with E-state index in [1.807, 2.05) is 6.07 Å². The summed E-state index contributed by atoms with van der Waals surface area (Å²) in [7, 11) is -3.77. The minimum atomic E-state index is -3.77. The number of nitrogens with zero attached hydrogens (tertiary/aromatic N) is 2. The summed E-state index contributed by atoms with van der Waals surface area (Å²) in [6.45, 7) is 3.28. The van der Waals surface area contributed by atoms with Gasteiger partial charge in [0.1, 0.15) is 11.9 Å². The third-order valence-corrected chi connectivity index (χ3v) is 6.86. The minimum absolute atomic E-state index is 0.00549. The van der Waals surface area contributed by atoms with E-state index in [0.717, 1.165) is 10.6 Å². The van der Waals surface area contributed by atoms with Crippen LogP contribution in [0.2, 0.25) is 0 Å². The summed E-state index contributed by atoms with van der Waals surface area (Å²) in [5, 5.41) is 2.74. The van der Waals surface area contributed by atoms with Gasteiger partial charge in [0.15, 0.2) is 0 Å². The molecule has 1 N–H and O–H groups in total. The topological polar surface area (TPSA) is 86.8 Å². The number of carbonyl (C=O) groups excluding carboxylic acids is 2. The van der Waals surface area contributed by atoms with E-state index in [9.17, 15) is 22.4 Å². The van der Waals surface area contributed by atoms with Gasteiger partial charge in [-0.25, -0.2) is 12.8 Å². The van der Waals surface area contributed by atoms with Gasteiger partial charge in [-0.3, -0.25) is 9.59 Å². The molecule has 0 fully saturated rings. The Morgan fingerprint density at radius 2 is 1.49 bits per heavy atom. The van der Waals surface area contributed by atoms with Gasteiger partial charge in [0.25, 0.3) is 0 Å². The van der Waals surface area contributed by atoms with Crippen LogP contribution in [0.15, 0.2) is 97.6 Å². The first-order chi connectivity index (χ1) is 17.7. The predicted octanol–water partition coefficient (Wildman–Crippen LogP) is 3.66. The van der Waals surface area contributed by atoms with Crippen molar-refractivity contribution in [3.63, 3.8) is 0 Å². The van der Waals surface area contributed by atoms with Gasteiger partial charge in [-0.05, 0) is 28.8 Å². The van der Waals surface area contributed by atoms with E-state index < -0.39 is 40.2 Å². The van der Waals surface area contributed by atoms with Crippen LogP contribution in [0.25, 0.3) is 0 Å². The van der Waals surface area contributed by atoms with Gasteiger partial charge in [0.2, 0.25) is 21.8 Å². The number of hydrogen-bond donors (Lipinski definition) is 1. The maximum absolute atomic E-state index is 13.8. The fourth-order valence-corrected chi connectivity index (χ4v) is 4.54. The van der Waals surface area contributed by atoms with Gasteiger partial charge in [-0.15, -0.1) is 6.58 Å². The molecule has 0 aliphatic carbocycles. The van der Waals surface area contributed by atoms with Gasteiger partial charge in [-0.1, -0.05) is 78.9 Å². The number of benzene rings is 3. The number of hydrogen-bond acceptors (Lipinski definition) is 4. The number of nitrogens with one attached hydrogen (secondary N) is 1. The highest BCUT2D eigenvalue weighted by Gasteiger charge is 2.33. The van der Waals surface area contributed by atoms with E-state index in [0.29, 0.717) is 16.7 Å². The summed E-state index contributed by atoms with van der Waals surface area (Å²) in [6, 6.07) is 22.2. The van der Waals surface area contributed by atoms with Crippen molar-refractivity contribution in [3.8, 4) is 0 Å². The zero-order chi connectivity index (χ0) is 26.8. The van der Waals surface area contributed by atoms with E-state index in [1.54, 1.807) is 54.6 Å². The smallest absolute Gasteiger partial charge is 0.247 e. The normalized spacial score (nSPS) is 12.1. The lowest BCUT2D eigenvalue weighted by atomic mass is 10.0. The zero-order valence-corrected chi connectivity index (χ0v) is 21.4. The van der Waals surface area contributed by atoms with Crippen LogP contribution in [0.5, 0.6) is 0 Å². The zero-order valence-electron chi connectivity index (χ0n) is 20.6. The predicted molar refractivity (Wildman–Crippen MR) is 141 cm³/mol. The molecule has 1 atom stereocenters. The molecule has 0 spiro atoms. The van der Waals surface area contributed by atoms with Crippen molar-refractivity contribution in [2.75, 3.05) is 19.3 Å². The second-order valence-corrected chi connectivity index (χ2v) is 10.5. The van der Waals surface area contributed by atoms with Gasteiger partial charge in [0.05, 0.1) is 12.8 Å². The molecule has 0 aliphatic rings. The molecule has 3 aromatic carbocycles. The van der Waals surface area contributed by atoms with Crippen LogP contribution in [-0.4, -0.2) is 48.8 Å². The van der Waals surface area contributed by atoms with E-state index in [2.05, 4.69) is 11.9 Å². The van der Waals surface area contributed by atoms with Crippen molar-refractivity contribution in [2.24, 2.45) is 0 Å². The Labute approximate surface area is 217 Å². The average molecular weight is 524 g/mol. The third kappa shape index (κ3) is 8.09. The molecule has 1 unspecified atom stereocenters. The first kappa shape index (κ1) is 27.8. The number of sulfonamides is 1. The Morgan fingerprint density at radius 3 is 2.05 bits per heavy atom. The molecule has 0 aliphatic heterocycles. The molecule has 0 saturated heterocycles. The summed E-state index contributed by atoms with van der Waals surface area (Å²) in [6.07, 6.45) is 2.57. The van der Waals surface area contributed by atoms with Crippen molar-refractivity contribution in [2.45, 2.75) is 19.1 Å². The number of amides is 2. The van der Waals surface area contributed by atoms with Crippen molar-refractivity contribution < 1.29 is 22.4 Å². The van der Waals surface area contributed by atoms with E-state index in [4.69, 9.17) is 0 Å². The molecule has 7 nitrogen and oxygen atoms in total. The Bertz CT molecular complexity index is 1300. The fraction of sp³-hybridized carbons (Fsp3) is 0.214. The highest BCUT2D eigenvalue weighted by molar-refractivity contribution is 7.88. The Morgan fingerprint density at radius 1 is 0.919 bits per heavy atom. The lowest BCUT2D eigenvalue weighted by Crippen LogP contribution is -2.47. The number of rotatable bonds is 12. The highest BCUT2D eigenvalue weighted by atomic mass is 32.2. The van der Waals surface area contributed by atoms with Crippen LogP contribution in [0.4, 0.5) is 4.39 Å². The lowest BCUT2D eigenvalue weighted by molar-refractivity contribution is -0.141. The molecule has 37 heavy (non-hydrogen) atoms. The molecular formula is C28H30FN3O4S. The fourth-order valence-electron chi connectivity index (χ4n) is 3.81. The largest absolute Gasteiger partial charge is 0.351 e. The number of carbonyl (C=O) groups is 2. The van der Waals surface area contributed by atoms with Gasteiger partial charge >= 0.3 is 0 Å². The molecular weight excluding hydrogens is 493 g/mol. The maximum atomic E-state index is 13.8. The van der Waals surface area contributed by atoms with Gasteiger partial charge in [-0.2, -0.15) is 4.31 Å². The average Bonchev–Trinajstić information content (AvgIpc) is 2.88. The second kappa shape index (κ2) is 12.9. The van der Waals surface area contributed by atoms with Crippen LogP contribution < -0.4 is 5.32 Å². The summed E-state index contributed by atoms with van der Waals surface area (Å²) >= 11 is 0. The van der Waals surface area contributed by atoms with E-state index in [-0.39, 0.29) is 19.6 Å². The molecule has 0 bridgehead atoms. The van der Waals surface area contributed by atoms with Crippen LogP contribution >= 0.6 is 0 Å². The Kier molecular flexibility index (Phi) is 9.71. The molecule has 0 heterocycles. The first-order valence-corrected chi connectivity index (χ1v) is 13.5. The third-order valence-electron chi connectivity index (χ3n) is 5.66. The molecule has 194 valence electrons. The van der Waals surface area contributed by atoms with Crippen LogP contribution in [0.3, 0.4) is 0 Å². The van der Waals surface area contributed by atoms with Crippen molar-refractivity contribution in [3.05, 3.63) is 120 Å². The summed E-state index contributed by atoms with van der Waals surface area (Å²) < 4.78 is 39.9. The quantitative estimate of drug-likeness (QED) is 0.367. The van der Waals surface area contributed by atoms with Crippen LogP contribution in [0.1, 0.15) is 22.7 Å². The molecule has 3 aromatic rings. The van der Waals surface area contributed by atoms with Crippen LogP contribution in [-0.2, 0) is 32.7 Å². The SMILES string of the molecule is C=CCNC(=O)C(c1ccccc1)N(Cc1ccc(F)cc1)C(=O)CN(Cc1ccccc1)S(C)(=O)=O. The van der Waals surface area contributed by atoms with Gasteiger partial charge in [0, 0.05) is 19.6 Å². The molecule has 0 radical (unpaired) electrons. The second-order valence-electron chi connectivity index (χ2n) is 8.51. The van der Waals surface area contributed by atoms with Crippen molar-refractivity contribution in [1.82, 2.24) is 14.5 Å². The Balaban J connectivity index is 2.01. The standard InChI is InChI=1S/C28H30FN3O4S/c1-3-18-30-28(34)27(24-12-8-5-9-13-24)32(20-23-14-16-25(29)17-15-23)26(33)21-31(37(2,35)36)19-22-10-6-4-7-11-22/h3-17,27H,1,18-21H2,2H3,(H,30,34). The molecule has 3 rings (SSSR count). The van der Waals surface area contributed by atoms with E-state index in [1.165, 1.54) is 35.2 Å². The molecule has 2 amide bonds. The van der Waals surface area contributed by atoms with E-state index >= 15 is 0 Å². The van der Waals surface area contributed by atoms with Crippen molar-refractivity contribution >= 4 is 21.8 Å². The van der Waals surface area contributed by atoms with Gasteiger partial charge < -0.3 is 10.2 Å². The number of halogens is 1. The van der Waals surface area contributed by atoms with Crippen molar-refractivity contribution in [1.29, 1.82) is 0 Å². The summed E-state index contributed by atoms with van der Waals surface area (Å²) in [4.78, 5) is 28.4. The highest BCUT2D eigenvalue weighted by Crippen LogP contribution is 2.25. The maximum Gasteiger partial charge on any atom is 0.247 e. The first-order valence-electron chi connectivity index (χ1n) is 11.7. The Hall–Kier alpha value is -3.82. The molecule has 0 saturated carbocycles. The molecule has 0 aromatic heterocycles. The van der Waals surface area contributed by atoms with Crippen LogP contribution in [0, 0.1) is 5.82 Å². The summed E-state index contributed by atoms with van der Waals surface area (Å²) in [5.41, 5.74) is 1.85. The molecule has 9 heteroatoms. The lowest BCUT2D eigenvalue weighted by Gasteiger charge is -2.33. The monoisotopic (exact) mass is 523 g/mol. The minimum Gasteiger partial charge on any atom is -0.351 e. The summed E-state index contributed by atoms with van der Waals surface area (Å²) in [5.74, 6) is -1.46.